The van der Waals surface area contributed by atoms with Gasteiger partial charge in [0.1, 0.15) is 18.1 Å². The van der Waals surface area contributed by atoms with Crippen molar-refractivity contribution in [2.45, 2.75) is 59.5 Å². The lowest BCUT2D eigenvalue weighted by Crippen LogP contribution is -2.23. The first-order chi connectivity index (χ1) is 13.3. The summed E-state index contributed by atoms with van der Waals surface area (Å²) in [6, 6.07) is 1.97. The van der Waals surface area contributed by atoms with Crippen LogP contribution in [-0.2, 0) is 20.0 Å². The van der Waals surface area contributed by atoms with Crippen LogP contribution in [-0.4, -0.2) is 27.9 Å². The summed E-state index contributed by atoms with van der Waals surface area (Å²) in [5.41, 5.74) is 5.30. The Labute approximate surface area is 169 Å². The molecule has 1 aromatic carbocycles. The van der Waals surface area contributed by atoms with Gasteiger partial charge in [-0.3, -0.25) is 0 Å². The van der Waals surface area contributed by atoms with E-state index in [1.165, 1.54) is 11.1 Å². The van der Waals surface area contributed by atoms with Gasteiger partial charge in [-0.2, -0.15) is 0 Å². The smallest absolute Gasteiger partial charge is 0.195 e. The number of fused-ring (bicyclic) bond motifs is 1. The van der Waals surface area contributed by atoms with Gasteiger partial charge in [-0.15, -0.1) is 0 Å². The van der Waals surface area contributed by atoms with E-state index in [-0.39, 0.29) is 0 Å². The van der Waals surface area contributed by atoms with Gasteiger partial charge in [-0.25, -0.2) is 0 Å². The van der Waals surface area contributed by atoms with E-state index < -0.39 is 12.1 Å². The van der Waals surface area contributed by atoms with Gasteiger partial charge in [0.2, 0.25) is 0 Å². The number of methoxy groups -OCH3 is 3. The maximum atomic E-state index is 6.09. The molecular formula is C23H34O5. The normalized spacial score (nSPS) is 21.4. The third-order valence-electron chi connectivity index (χ3n) is 5.15. The Bertz CT molecular complexity index is 746. The molecule has 5 heteroatoms. The third kappa shape index (κ3) is 4.77. The zero-order chi connectivity index (χ0) is 20.9. The highest BCUT2D eigenvalue weighted by Gasteiger charge is 2.45. The molecule has 0 saturated carbocycles. The molecule has 0 amide bonds. The molecule has 28 heavy (non-hydrogen) atoms. The van der Waals surface area contributed by atoms with Gasteiger partial charge >= 0.3 is 0 Å². The monoisotopic (exact) mass is 390 g/mol. The first kappa shape index (κ1) is 22.5. The van der Waals surface area contributed by atoms with E-state index in [9.17, 15) is 0 Å². The summed E-state index contributed by atoms with van der Waals surface area (Å²) in [7, 11) is 4.87. The van der Waals surface area contributed by atoms with Gasteiger partial charge in [-0.05, 0) is 59.6 Å². The molecule has 0 radical (unpaired) electrons. The lowest BCUT2D eigenvalue weighted by molar-refractivity contribution is -0.280. The van der Waals surface area contributed by atoms with Crippen LogP contribution in [0.2, 0.25) is 0 Å². The van der Waals surface area contributed by atoms with Gasteiger partial charge in [0, 0.05) is 25.3 Å². The molecule has 1 heterocycles. The van der Waals surface area contributed by atoms with Crippen molar-refractivity contribution in [1.82, 2.24) is 0 Å². The van der Waals surface area contributed by atoms with Crippen molar-refractivity contribution in [1.29, 1.82) is 0 Å². The highest BCUT2D eigenvalue weighted by atomic mass is 16.8. The Morgan fingerprint density at radius 1 is 1.18 bits per heavy atom. The standard InChI is InChI=1S/C23H34O5/c1-15(2)10-9-11-16(3)12-13-27-19-14-18-20(21(24-6)17(19)4)22(25-7)28-23(18,5)26-8/h10,12,14,22H,9,11,13H2,1-8H3/b16-12+/t22-,23-/m1/s1. The summed E-state index contributed by atoms with van der Waals surface area (Å²) < 4.78 is 28.9. The van der Waals surface area contributed by atoms with Crippen molar-refractivity contribution in [2.24, 2.45) is 0 Å². The van der Waals surface area contributed by atoms with Crippen LogP contribution in [0.4, 0.5) is 0 Å². The molecule has 0 spiro atoms. The number of allylic oxidation sites excluding steroid dienone is 3. The van der Waals surface area contributed by atoms with Crippen LogP contribution in [0.1, 0.15) is 63.5 Å². The van der Waals surface area contributed by atoms with Crippen molar-refractivity contribution < 1.29 is 23.7 Å². The maximum absolute atomic E-state index is 6.09. The lowest BCUT2D eigenvalue weighted by atomic mass is 9.98. The molecule has 1 aromatic rings. The van der Waals surface area contributed by atoms with Crippen LogP contribution in [0.3, 0.4) is 0 Å². The molecule has 156 valence electrons. The Balaban J connectivity index is 2.25. The fourth-order valence-electron chi connectivity index (χ4n) is 3.39. The number of benzene rings is 1. The molecular weight excluding hydrogens is 356 g/mol. The molecule has 5 nitrogen and oxygen atoms in total. The fourth-order valence-corrected chi connectivity index (χ4v) is 3.39. The summed E-state index contributed by atoms with van der Waals surface area (Å²) >= 11 is 0. The van der Waals surface area contributed by atoms with Gasteiger partial charge < -0.3 is 23.7 Å². The second kappa shape index (κ2) is 9.59. The highest BCUT2D eigenvalue weighted by molar-refractivity contribution is 5.57. The topological polar surface area (TPSA) is 46.2 Å². The van der Waals surface area contributed by atoms with E-state index in [4.69, 9.17) is 23.7 Å². The van der Waals surface area contributed by atoms with E-state index in [0.29, 0.717) is 12.4 Å². The first-order valence-electron chi connectivity index (χ1n) is 9.66. The molecule has 0 aliphatic carbocycles. The molecule has 0 saturated heterocycles. The van der Waals surface area contributed by atoms with Gasteiger partial charge in [-0.1, -0.05) is 17.2 Å². The molecule has 0 N–H and O–H groups in total. The lowest BCUT2D eigenvalue weighted by Gasteiger charge is -2.24. The SMILES string of the molecule is COc1c(C)c(OC/C=C(\C)CCC=C(C)C)cc2c1[C@H](OC)O[C@@]2(C)OC. The van der Waals surface area contributed by atoms with Crippen molar-refractivity contribution in [3.05, 3.63) is 46.1 Å². The summed E-state index contributed by atoms with van der Waals surface area (Å²) in [5, 5.41) is 0. The molecule has 0 aromatic heterocycles. The zero-order valence-corrected chi connectivity index (χ0v) is 18.5. The third-order valence-corrected chi connectivity index (χ3v) is 5.15. The van der Waals surface area contributed by atoms with Crippen LogP contribution in [0.25, 0.3) is 0 Å². The minimum atomic E-state index is -0.912. The van der Waals surface area contributed by atoms with E-state index in [0.717, 1.165) is 35.3 Å². The van der Waals surface area contributed by atoms with Crippen molar-refractivity contribution >= 4 is 0 Å². The molecule has 0 bridgehead atoms. The molecule has 2 rings (SSSR count). The second-order valence-corrected chi connectivity index (χ2v) is 7.51. The summed E-state index contributed by atoms with van der Waals surface area (Å²) in [4.78, 5) is 0. The predicted molar refractivity (Wildman–Crippen MR) is 111 cm³/mol. The first-order valence-corrected chi connectivity index (χ1v) is 9.66. The van der Waals surface area contributed by atoms with Crippen LogP contribution < -0.4 is 9.47 Å². The largest absolute Gasteiger partial charge is 0.496 e. The molecule has 1 aliphatic rings. The van der Waals surface area contributed by atoms with Crippen LogP contribution in [0.15, 0.2) is 29.4 Å². The summed E-state index contributed by atoms with van der Waals surface area (Å²) in [5.74, 6) is 0.558. The van der Waals surface area contributed by atoms with Crippen molar-refractivity contribution in [3.63, 3.8) is 0 Å². The maximum Gasteiger partial charge on any atom is 0.195 e. The zero-order valence-electron chi connectivity index (χ0n) is 18.5. The molecule has 2 atom stereocenters. The fraction of sp³-hybridized carbons (Fsp3) is 0.565. The van der Waals surface area contributed by atoms with Crippen LogP contribution in [0, 0.1) is 6.92 Å². The Morgan fingerprint density at radius 2 is 1.89 bits per heavy atom. The number of hydrogen-bond acceptors (Lipinski definition) is 5. The van der Waals surface area contributed by atoms with E-state index in [2.05, 4.69) is 32.9 Å². The van der Waals surface area contributed by atoms with E-state index in [1.807, 2.05) is 19.9 Å². The number of ether oxygens (including phenoxy) is 5. The Hall–Kier alpha value is -1.82. The van der Waals surface area contributed by atoms with Gasteiger partial charge in [0.25, 0.3) is 0 Å². The Kier molecular flexibility index (Phi) is 7.70. The number of rotatable bonds is 9. The van der Waals surface area contributed by atoms with Crippen LogP contribution >= 0.6 is 0 Å². The molecule has 0 unspecified atom stereocenters. The number of hydrogen-bond donors (Lipinski definition) is 0. The predicted octanol–water partition coefficient (Wildman–Crippen LogP) is 5.57. The second-order valence-electron chi connectivity index (χ2n) is 7.51. The quantitative estimate of drug-likeness (QED) is 0.516. The summed E-state index contributed by atoms with van der Waals surface area (Å²) in [6.07, 6.45) is 5.93. The van der Waals surface area contributed by atoms with Gasteiger partial charge in [0.05, 0.1) is 12.7 Å². The van der Waals surface area contributed by atoms with E-state index in [1.54, 1.807) is 21.3 Å². The van der Waals surface area contributed by atoms with Gasteiger partial charge in [0.15, 0.2) is 12.1 Å². The average Bonchev–Trinajstić information content (AvgIpc) is 2.94. The van der Waals surface area contributed by atoms with Crippen molar-refractivity contribution in [3.8, 4) is 11.5 Å². The minimum absolute atomic E-state index is 0.502. The minimum Gasteiger partial charge on any atom is -0.496 e. The van der Waals surface area contributed by atoms with Crippen molar-refractivity contribution in [2.75, 3.05) is 27.9 Å². The van der Waals surface area contributed by atoms with Crippen LogP contribution in [0.5, 0.6) is 11.5 Å². The molecule has 1 aliphatic heterocycles. The molecule has 0 fully saturated rings. The van der Waals surface area contributed by atoms with E-state index >= 15 is 0 Å². The highest BCUT2D eigenvalue weighted by Crippen LogP contribution is 2.51. The summed E-state index contributed by atoms with van der Waals surface area (Å²) in [6.45, 7) is 10.7. The Morgan fingerprint density at radius 3 is 2.46 bits per heavy atom. The average molecular weight is 391 g/mol.